The van der Waals surface area contributed by atoms with Crippen molar-refractivity contribution in [3.05, 3.63) is 11.9 Å². The molecule has 0 radical (unpaired) electrons. The zero-order valence-electron chi connectivity index (χ0n) is 14.8. The molecule has 25 heavy (non-hydrogen) atoms. The third kappa shape index (κ3) is 5.27. The van der Waals surface area contributed by atoms with E-state index in [1.165, 1.54) is 0 Å². The molecule has 2 aliphatic rings. The number of amides is 1. The van der Waals surface area contributed by atoms with E-state index >= 15 is 0 Å². The molecule has 1 amide bonds. The zero-order chi connectivity index (χ0) is 17.5. The van der Waals surface area contributed by atoms with Crippen LogP contribution in [0.5, 0.6) is 0 Å². The predicted octanol–water partition coefficient (Wildman–Crippen LogP) is 0.576. The summed E-state index contributed by atoms with van der Waals surface area (Å²) in [6, 6.07) is 1.96. The first kappa shape index (κ1) is 17.9. The lowest BCUT2D eigenvalue weighted by Gasteiger charge is -2.28. The van der Waals surface area contributed by atoms with Crippen molar-refractivity contribution in [3.8, 4) is 0 Å². The molecule has 2 N–H and O–H groups in total. The second kappa shape index (κ2) is 8.96. The molecule has 8 nitrogen and oxygen atoms in total. The molecule has 2 saturated heterocycles. The molecule has 0 aromatic carbocycles. The number of nitrogens with one attached hydrogen (secondary N) is 2. The van der Waals surface area contributed by atoms with Gasteiger partial charge in [0, 0.05) is 51.4 Å². The smallest absolute Gasteiger partial charge is 0.223 e. The number of aromatic nitrogens is 2. The third-order valence-electron chi connectivity index (χ3n) is 4.48. The predicted molar refractivity (Wildman–Crippen MR) is 94.8 cm³/mol. The van der Waals surface area contributed by atoms with Gasteiger partial charge in [-0.2, -0.15) is 0 Å². The van der Waals surface area contributed by atoms with E-state index in [9.17, 15) is 4.79 Å². The first-order valence-electron chi connectivity index (χ1n) is 9.00. The molecule has 1 aromatic heterocycles. The Morgan fingerprint density at radius 2 is 1.88 bits per heavy atom. The van der Waals surface area contributed by atoms with Crippen LogP contribution in [0.3, 0.4) is 0 Å². The minimum atomic E-state index is 0.0861. The van der Waals surface area contributed by atoms with Crippen LogP contribution >= 0.6 is 0 Å². The SMILES string of the molecule is Cc1nc(NCCNC(=O)C2CCOCC2)cc(N2CCOCC2)n1. The summed E-state index contributed by atoms with van der Waals surface area (Å²) < 4.78 is 10.7. The average Bonchev–Trinajstić information content (AvgIpc) is 2.66. The molecular formula is C17H27N5O3. The summed E-state index contributed by atoms with van der Waals surface area (Å²) in [6.45, 7) is 7.60. The molecule has 2 aliphatic heterocycles. The van der Waals surface area contributed by atoms with E-state index in [1.807, 2.05) is 13.0 Å². The largest absolute Gasteiger partial charge is 0.381 e. The highest BCUT2D eigenvalue weighted by atomic mass is 16.5. The van der Waals surface area contributed by atoms with Crippen molar-refractivity contribution in [1.29, 1.82) is 0 Å². The molecule has 0 aliphatic carbocycles. The lowest BCUT2D eigenvalue weighted by atomic mass is 9.99. The molecule has 0 atom stereocenters. The van der Waals surface area contributed by atoms with E-state index in [0.717, 1.165) is 56.6 Å². The van der Waals surface area contributed by atoms with Crippen LogP contribution < -0.4 is 15.5 Å². The van der Waals surface area contributed by atoms with Crippen LogP contribution in [0.2, 0.25) is 0 Å². The van der Waals surface area contributed by atoms with Gasteiger partial charge in [0.25, 0.3) is 0 Å². The van der Waals surface area contributed by atoms with Gasteiger partial charge in [0.1, 0.15) is 17.5 Å². The van der Waals surface area contributed by atoms with E-state index < -0.39 is 0 Å². The minimum absolute atomic E-state index is 0.0861. The minimum Gasteiger partial charge on any atom is -0.381 e. The molecule has 0 saturated carbocycles. The van der Waals surface area contributed by atoms with Crippen LogP contribution in [0.15, 0.2) is 6.07 Å². The van der Waals surface area contributed by atoms with Gasteiger partial charge in [0.15, 0.2) is 0 Å². The molecule has 3 rings (SSSR count). The Bertz CT molecular complexity index is 571. The van der Waals surface area contributed by atoms with Crippen molar-refractivity contribution in [1.82, 2.24) is 15.3 Å². The standard InChI is InChI=1S/C17H27N5O3/c1-13-20-15(12-16(21-13)22-6-10-25-11-7-22)18-4-5-19-17(23)14-2-8-24-9-3-14/h12,14H,2-11H2,1H3,(H,19,23)(H,18,20,21). The number of rotatable bonds is 6. The molecular weight excluding hydrogens is 322 g/mol. The number of carbonyl (C=O) groups is 1. The fraction of sp³-hybridized carbons (Fsp3) is 0.706. The van der Waals surface area contributed by atoms with Gasteiger partial charge in [-0.05, 0) is 19.8 Å². The number of hydrogen-bond acceptors (Lipinski definition) is 7. The molecule has 3 heterocycles. The summed E-state index contributed by atoms with van der Waals surface area (Å²) in [7, 11) is 0. The monoisotopic (exact) mass is 349 g/mol. The Hall–Kier alpha value is -1.93. The maximum absolute atomic E-state index is 12.1. The second-order valence-corrected chi connectivity index (χ2v) is 6.36. The second-order valence-electron chi connectivity index (χ2n) is 6.36. The van der Waals surface area contributed by atoms with Crippen molar-refractivity contribution in [2.75, 3.05) is 62.8 Å². The Morgan fingerprint density at radius 3 is 2.64 bits per heavy atom. The Balaban J connectivity index is 1.46. The summed E-state index contributed by atoms with van der Waals surface area (Å²) in [4.78, 5) is 23.2. The average molecular weight is 349 g/mol. The molecule has 138 valence electrons. The van der Waals surface area contributed by atoms with E-state index in [1.54, 1.807) is 0 Å². The molecule has 8 heteroatoms. The third-order valence-corrected chi connectivity index (χ3v) is 4.48. The van der Waals surface area contributed by atoms with Crippen molar-refractivity contribution in [3.63, 3.8) is 0 Å². The van der Waals surface area contributed by atoms with Gasteiger partial charge >= 0.3 is 0 Å². The van der Waals surface area contributed by atoms with E-state index in [0.29, 0.717) is 26.3 Å². The van der Waals surface area contributed by atoms with Crippen LogP contribution in [0.4, 0.5) is 11.6 Å². The summed E-state index contributed by atoms with van der Waals surface area (Å²) in [5, 5.41) is 6.26. The fourth-order valence-corrected chi connectivity index (χ4v) is 3.08. The number of anilines is 2. The number of ether oxygens (including phenoxy) is 2. The summed E-state index contributed by atoms with van der Waals surface area (Å²) >= 11 is 0. The van der Waals surface area contributed by atoms with Crippen molar-refractivity contribution in [2.24, 2.45) is 5.92 Å². The van der Waals surface area contributed by atoms with Gasteiger partial charge in [-0.3, -0.25) is 4.79 Å². The summed E-state index contributed by atoms with van der Waals surface area (Å²) in [5.41, 5.74) is 0. The molecule has 2 fully saturated rings. The van der Waals surface area contributed by atoms with Crippen molar-refractivity contribution >= 4 is 17.5 Å². The molecule has 0 bridgehead atoms. The van der Waals surface area contributed by atoms with Crippen molar-refractivity contribution in [2.45, 2.75) is 19.8 Å². The lowest BCUT2D eigenvalue weighted by molar-refractivity contribution is -0.127. The number of aryl methyl sites for hydroxylation is 1. The summed E-state index contributed by atoms with van der Waals surface area (Å²) in [6.07, 6.45) is 1.63. The van der Waals surface area contributed by atoms with Crippen LogP contribution in [-0.4, -0.2) is 68.5 Å². The van der Waals surface area contributed by atoms with Gasteiger partial charge in [0.05, 0.1) is 13.2 Å². The fourth-order valence-electron chi connectivity index (χ4n) is 3.08. The van der Waals surface area contributed by atoms with Gasteiger partial charge in [-0.1, -0.05) is 0 Å². The number of hydrogen-bond donors (Lipinski definition) is 2. The van der Waals surface area contributed by atoms with Crippen LogP contribution in [-0.2, 0) is 14.3 Å². The van der Waals surface area contributed by atoms with Crippen LogP contribution in [0.25, 0.3) is 0 Å². The van der Waals surface area contributed by atoms with Crippen LogP contribution in [0, 0.1) is 12.8 Å². The van der Waals surface area contributed by atoms with Gasteiger partial charge in [-0.15, -0.1) is 0 Å². The van der Waals surface area contributed by atoms with Crippen LogP contribution in [0.1, 0.15) is 18.7 Å². The molecule has 0 unspecified atom stereocenters. The Labute approximate surface area is 148 Å². The number of nitrogens with zero attached hydrogens (tertiary/aromatic N) is 3. The number of carbonyl (C=O) groups excluding carboxylic acids is 1. The zero-order valence-corrected chi connectivity index (χ0v) is 14.8. The Morgan fingerprint density at radius 1 is 1.16 bits per heavy atom. The highest BCUT2D eigenvalue weighted by Gasteiger charge is 2.20. The van der Waals surface area contributed by atoms with Crippen molar-refractivity contribution < 1.29 is 14.3 Å². The first-order chi connectivity index (χ1) is 12.2. The van der Waals surface area contributed by atoms with E-state index in [2.05, 4.69) is 25.5 Å². The van der Waals surface area contributed by atoms with Gasteiger partial charge < -0.3 is 25.0 Å². The maximum Gasteiger partial charge on any atom is 0.223 e. The highest BCUT2D eigenvalue weighted by molar-refractivity contribution is 5.78. The van der Waals surface area contributed by atoms with Gasteiger partial charge in [-0.25, -0.2) is 9.97 Å². The molecule has 1 aromatic rings. The summed E-state index contributed by atoms with van der Waals surface area (Å²) in [5.74, 6) is 2.65. The topological polar surface area (TPSA) is 88.6 Å². The van der Waals surface area contributed by atoms with E-state index in [4.69, 9.17) is 9.47 Å². The number of morpholine rings is 1. The lowest BCUT2D eigenvalue weighted by Crippen LogP contribution is -2.37. The normalized spacial score (nSPS) is 18.8. The van der Waals surface area contributed by atoms with E-state index in [-0.39, 0.29) is 11.8 Å². The first-order valence-corrected chi connectivity index (χ1v) is 9.00. The Kier molecular flexibility index (Phi) is 6.41. The quantitative estimate of drug-likeness (QED) is 0.726. The van der Waals surface area contributed by atoms with Gasteiger partial charge in [0.2, 0.25) is 5.91 Å². The maximum atomic E-state index is 12.1. The molecule has 0 spiro atoms. The highest BCUT2D eigenvalue weighted by Crippen LogP contribution is 2.17.